The average molecular weight is 346 g/mol. The van der Waals surface area contributed by atoms with Crippen molar-refractivity contribution in [3.63, 3.8) is 0 Å². The van der Waals surface area contributed by atoms with Gasteiger partial charge in [0.2, 0.25) is 0 Å². The normalized spacial score (nSPS) is 13.3. The summed E-state index contributed by atoms with van der Waals surface area (Å²) in [7, 11) is 0. The lowest BCUT2D eigenvalue weighted by Crippen LogP contribution is -2.00. The molecule has 0 N–H and O–H groups in total. The van der Waals surface area contributed by atoms with E-state index in [1.165, 1.54) is 22.3 Å². The van der Waals surface area contributed by atoms with Gasteiger partial charge in [-0.25, -0.2) is 0 Å². The number of benzene rings is 2. The minimum atomic E-state index is 0.530. The molecule has 2 aromatic rings. The maximum absolute atomic E-state index is 3.99. The highest BCUT2D eigenvalue weighted by Gasteiger charge is 2.10. The molecule has 0 saturated heterocycles. The number of rotatable bonds is 8. The van der Waals surface area contributed by atoms with Crippen LogP contribution in [-0.2, 0) is 6.42 Å². The van der Waals surface area contributed by atoms with E-state index in [2.05, 4.69) is 87.1 Å². The molecule has 1 atom stereocenters. The van der Waals surface area contributed by atoms with Crippen molar-refractivity contribution in [1.29, 1.82) is 0 Å². The first kappa shape index (κ1) is 19.9. The summed E-state index contributed by atoms with van der Waals surface area (Å²) >= 11 is 0. The molecule has 0 amide bonds. The molecule has 26 heavy (non-hydrogen) atoms. The van der Waals surface area contributed by atoms with Crippen LogP contribution in [0.3, 0.4) is 0 Å². The van der Waals surface area contributed by atoms with Gasteiger partial charge in [0.1, 0.15) is 0 Å². The van der Waals surface area contributed by atoms with E-state index in [4.69, 9.17) is 0 Å². The molecule has 1 nitrogen and oxygen atoms in total. The van der Waals surface area contributed by atoms with E-state index in [0.29, 0.717) is 11.8 Å². The molecule has 1 heteroatoms. The number of allylic oxidation sites excluding steroid dienone is 2. The zero-order valence-electron chi connectivity index (χ0n) is 16.6. The minimum absolute atomic E-state index is 0.530. The third-order valence-electron chi connectivity index (χ3n) is 4.93. The van der Waals surface area contributed by atoms with Gasteiger partial charge in [0.15, 0.2) is 0 Å². The fraction of sp³-hybridized carbons (Fsp3) is 0.320. The maximum Gasteiger partial charge on any atom is 0.0579 e. The highest BCUT2D eigenvalue weighted by molar-refractivity contribution is 5.54. The molecule has 1 unspecified atom stereocenters. The highest BCUT2D eigenvalue weighted by Crippen LogP contribution is 2.26. The number of nitrogens with zero attached hydrogens (tertiary/aromatic N) is 1. The van der Waals surface area contributed by atoms with E-state index >= 15 is 0 Å². The molecule has 0 aliphatic rings. The van der Waals surface area contributed by atoms with Crippen LogP contribution in [0, 0.1) is 0 Å². The monoisotopic (exact) mass is 345 g/mol. The van der Waals surface area contributed by atoms with Crippen LogP contribution in [0.4, 0.5) is 0 Å². The second-order valence-electron chi connectivity index (χ2n) is 7.17. The standard InChI is InChI=1S/C25H31N/c1-6-24(26-5)17-15-21-10-9-12-23(18-21)20(4)14-16-22-11-7-8-13-25(22)19(2)3/h6-13,15,17-20H,5,14,16H2,1-4H3/b17-15+,24-6-. The van der Waals surface area contributed by atoms with Crippen LogP contribution < -0.4 is 0 Å². The number of aryl methyl sites for hydroxylation is 1. The number of hydrogen-bond acceptors (Lipinski definition) is 1. The topological polar surface area (TPSA) is 12.4 Å². The molecule has 0 fully saturated rings. The third-order valence-corrected chi connectivity index (χ3v) is 4.93. The lowest BCUT2D eigenvalue weighted by atomic mass is 9.89. The van der Waals surface area contributed by atoms with Gasteiger partial charge < -0.3 is 0 Å². The SMILES string of the molecule is C=NC(=C\C)/C=C/c1cccc(C(C)CCc2ccccc2C(C)C)c1. The zero-order valence-corrected chi connectivity index (χ0v) is 16.6. The first-order valence-electron chi connectivity index (χ1n) is 9.54. The van der Waals surface area contributed by atoms with Crippen LogP contribution in [0.15, 0.2) is 71.4 Å². The van der Waals surface area contributed by atoms with E-state index in [1.807, 2.05) is 19.1 Å². The molecule has 0 radical (unpaired) electrons. The molecule has 136 valence electrons. The fourth-order valence-electron chi connectivity index (χ4n) is 3.25. The van der Waals surface area contributed by atoms with Gasteiger partial charge in [0, 0.05) is 0 Å². The first-order valence-corrected chi connectivity index (χ1v) is 9.54. The molecule has 0 aromatic heterocycles. The third kappa shape index (κ3) is 5.56. The smallest absolute Gasteiger partial charge is 0.0579 e. The van der Waals surface area contributed by atoms with Crippen molar-refractivity contribution in [1.82, 2.24) is 0 Å². The van der Waals surface area contributed by atoms with Gasteiger partial charge in [-0.05, 0) is 66.6 Å². The lowest BCUT2D eigenvalue weighted by Gasteiger charge is -2.16. The Kier molecular flexibility index (Phi) is 7.59. The Labute approximate surface area is 159 Å². The zero-order chi connectivity index (χ0) is 18.9. The molecule has 0 bridgehead atoms. The van der Waals surface area contributed by atoms with Gasteiger partial charge in [-0.3, -0.25) is 4.99 Å². The first-order chi connectivity index (χ1) is 12.5. The van der Waals surface area contributed by atoms with Crippen molar-refractivity contribution in [3.8, 4) is 0 Å². The summed E-state index contributed by atoms with van der Waals surface area (Å²) in [5.41, 5.74) is 6.46. The Balaban J connectivity index is 2.07. The van der Waals surface area contributed by atoms with Crippen molar-refractivity contribution >= 4 is 12.8 Å². The van der Waals surface area contributed by atoms with Crippen LogP contribution >= 0.6 is 0 Å². The molecule has 0 spiro atoms. The van der Waals surface area contributed by atoms with E-state index in [1.54, 1.807) is 0 Å². The maximum atomic E-state index is 3.99. The number of hydrogen-bond donors (Lipinski definition) is 0. The molecule has 0 aliphatic heterocycles. The van der Waals surface area contributed by atoms with Crippen molar-refractivity contribution in [2.24, 2.45) is 4.99 Å². The summed E-state index contributed by atoms with van der Waals surface area (Å²) in [6, 6.07) is 17.6. The second-order valence-corrected chi connectivity index (χ2v) is 7.17. The second kappa shape index (κ2) is 9.91. The van der Waals surface area contributed by atoms with Crippen LogP contribution in [0.1, 0.15) is 68.2 Å². The Morgan fingerprint density at radius 2 is 1.85 bits per heavy atom. The summed E-state index contributed by atoms with van der Waals surface area (Å²) < 4.78 is 0. The van der Waals surface area contributed by atoms with Gasteiger partial charge >= 0.3 is 0 Å². The molecular weight excluding hydrogens is 314 g/mol. The summed E-state index contributed by atoms with van der Waals surface area (Å²) in [5, 5.41) is 0. The van der Waals surface area contributed by atoms with Gasteiger partial charge in [0.05, 0.1) is 5.70 Å². The largest absolute Gasteiger partial charge is 0.265 e. The van der Waals surface area contributed by atoms with E-state index in [9.17, 15) is 0 Å². The Morgan fingerprint density at radius 3 is 2.54 bits per heavy atom. The van der Waals surface area contributed by atoms with Crippen LogP contribution in [0.2, 0.25) is 0 Å². The quantitative estimate of drug-likeness (QED) is 0.355. The summed E-state index contributed by atoms with van der Waals surface area (Å²) in [6.07, 6.45) is 8.36. The van der Waals surface area contributed by atoms with Crippen LogP contribution in [0.25, 0.3) is 6.08 Å². The molecule has 0 saturated carbocycles. The van der Waals surface area contributed by atoms with Crippen molar-refractivity contribution in [2.45, 2.75) is 52.4 Å². The van der Waals surface area contributed by atoms with Crippen LogP contribution in [-0.4, -0.2) is 6.72 Å². The van der Waals surface area contributed by atoms with E-state index in [0.717, 1.165) is 18.5 Å². The van der Waals surface area contributed by atoms with Gasteiger partial charge in [-0.15, -0.1) is 0 Å². The highest BCUT2D eigenvalue weighted by atomic mass is 14.7. The lowest BCUT2D eigenvalue weighted by molar-refractivity contribution is 0.672. The minimum Gasteiger partial charge on any atom is -0.265 e. The average Bonchev–Trinajstić information content (AvgIpc) is 2.67. The summed E-state index contributed by atoms with van der Waals surface area (Å²) in [4.78, 5) is 3.99. The van der Waals surface area contributed by atoms with Gasteiger partial charge in [-0.2, -0.15) is 0 Å². The molecule has 2 aromatic carbocycles. The van der Waals surface area contributed by atoms with E-state index in [-0.39, 0.29) is 0 Å². The predicted molar refractivity (Wildman–Crippen MR) is 116 cm³/mol. The van der Waals surface area contributed by atoms with Crippen molar-refractivity contribution < 1.29 is 0 Å². The molecule has 0 aliphatic carbocycles. The Bertz CT molecular complexity index is 780. The molecule has 2 rings (SSSR count). The van der Waals surface area contributed by atoms with Gasteiger partial charge in [-0.1, -0.05) is 81.5 Å². The predicted octanol–water partition coefficient (Wildman–Crippen LogP) is 7.16. The van der Waals surface area contributed by atoms with Crippen molar-refractivity contribution in [3.05, 3.63) is 88.6 Å². The van der Waals surface area contributed by atoms with Crippen LogP contribution in [0.5, 0.6) is 0 Å². The summed E-state index contributed by atoms with van der Waals surface area (Å²) in [5.74, 6) is 1.11. The molecular formula is C25H31N. The number of aliphatic imine (C=N–C) groups is 1. The van der Waals surface area contributed by atoms with E-state index < -0.39 is 0 Å². The van der Waals surface area contributed by atoms with Gasteiger partial charge in [0.25, 0.3) is 0 Å². The fourth-order valence-corrected chi connectivity index (χ4v) is 3.25. The Hall–Kier alpha value is -2.41. The Morgan fingerprint density at radius 1 is 1.08 bits per heavy atom. The van der Waals surface area contributed by atoms with Crippen molar-refractivity contribution in [2.75, 3.05) is 0 Å². The summed E-state index contributed by atoms with van der Waals surface area (Å²) in [6.45, 7) is 12.4. The molecule has 0 heterocycles.